The monoisotopic (exact) mass is 387 g/mol. The molecule has 3 aromatic rings. The van der Waals surface area contributed by atoms with Crippen LogP contribution in [0, 0.1) is 18.2 Å². The molecule has 29 heavy (non-hydrogen) atoms. The lowest BCUT2D eigenvalue weighted by Crippen LogP contribution is -2.22. The van der Waals surface area contributed by atoms with E-state index in [1.165, 1.54) is 12.1 Å². The van der Waals surface area contributed by atoms with E-state index in [-0.39, 0.29) is 24.8 Å². The Morgan fingerprint density at radius 1 is 0.897 bits per heavy atom. The first-order valence-electron chi connectivity index (χ1n) is 9.35. The first-order chi connectivity index (χ1) is 14.1. The van der Waals surface area contributed by atoms with Gasteiger partial charge in [-0.05, 0) is 41.0 Å². The van der Waals surface area contributed by atoms with Gasteiger partial charge in [-0.15, -0.1) is 6.42 Å². The molecule has 0 unspecified atom stereocenters. The number of halogens is 1. The quantitative estimate of drug-likeness (QED) is 0.413. The molecule has 146 valence electrons. The van der Waals surface area contributed by atoms with Gasteiger partial charge in [0.05, 0.1) is 13.0 Å². The molecule has 3 aromatic carbocycles. The fourth-order valence-corrected chi connectivity index (χ4v) is 2.94. The van der Waals surface area contributed by atoms with Gasteiger partial charge in [0.1, 0.15) is 12.4 Å². The molecule has 4 heteroatoms. The van der Waals surface area contributed by atoms with E-state index < -0.39 is 0 Å². The Labute approximate surface area is 170 Å². The molecule has 0 aliphatic carbocycles. The van der Waals surface area contributed by atoms with E-state index in [9.17, 15) is 9.18 Å². The SMILES string of the molecule is C#CCN(Cc1ccc(F)cc1)c1ccc(CC(=O)OCc2ccccc2)cc1. The second-order valence-electron chi connectivity index (χ2n) is 6.68. The largest absolute Gasteiger partial charge is 0.461 e. The minimum Gasteiger partial charge on any atom is -0.461 e. The maximum Gasteiger partial charge on any atom is 0.310 e. The van der Waals surface area contributed by atoms with Crippen LogP contribution in [0.2, 0.25) is 0 Å². The lowest BCUT2D eigenvalue weighted by atomic mass is 10.1. The molecule has 0 aliphatic heterocycles. The third-order valence-electron chi connectivity index (χ3n) is 4.46. The van der Waals surface area contributed by atoms with Crippen LogP contribution in [-0.2, 0) is 29.1 Å². The van der Waals surface area contributed by atoms with Crippen molar-refractivity contribution < 1.29 is 13.9 Å². The van der Waals surface area contributed by atoms with E-state index >= 15 is 0 Å². The first kappa shape index (κ1) is 20.2. The Balaban J connectivity index is 1.59. The fraction of sp³-hybridized carbons (Fsp3) is 0.160. The number of ether oxygens (including phenoxy) is 1. The highest BCUT2D eigenvalue weighted by Crippen LogP contribution is 2.19. The molecule has 3 nitrogen and oxygen atoms in total. The highest BCUT2D eigenvalue weighted by atomic mass is 19.1. The number of rotatable bonds is 8. The molecule has 0 fully saturated rings. The number of carbonyl (C=O) groups excluding carboxylic acids is 1. The van der Waals surface area contributed by atoms with Crippen LogP contribution in [0.4, 0.5) is 10.1 Å². The van der Waals surface area contributed by atoms with Gasteiger partial charge in [0.15, 0.2) is 0 Å². The molecule has 0 amide bonds. The zero-order chi connectivity index (χ0) is 20.5. The van der Waals surface area contributed by atoms with Crippen LogP contribution in [-0.4, -0.2) is 12.5 Å². The number of carbonyl (C=O) groups is 1. The van der Waals surface area contributed by atoms with Crippen LogP contribution in [0.5, 0.6) is 0 Å². The Bertz CT molecular complexity index is 960. The zero-order valence-electron chi connectivity index (χ0n) is 16.1. The van der Waals surface area contributed by atoms with Gasteiger partial charge in [-0.3, -0.25) is 4.79 Å². The van der Waals surface area contributed by atoms with Crippen LogP contribution < -0.4 is 4.90 Å². The highest BCUT2D eigenvalue weighted by molar-refractivity contribution is 5.72. The average Bonchev–Trinajstić information content (AvgIpc) is 2.75. The highest BCUT2D eigenvalue weighted by Gasteiger charge is 2.09. The van der Waals surface area contributed by atoms with E-state index in [4.69, 9.17) is 11.2 Å². The van der Waals surface area contributed by atoms with Crippen LogP contribution in [0.1, 0.15) is 16.7 Å². The van der Waals surface area contributed by atoms with E-state index in [0.717, 1.165) is 22.4 Å². The molecule has 0 spiro atoms. The summed E-state index contributed by atoms with van der Waals surface area (Å²) < 4.78 is 18.4. The normalized spacial score (nSPS) is 10.2. The van der Waals surface area contributed by atoms with Crippen molar-refractivity contribution in [2.75, 3.05) is 11.4 Å². The number of hydrogen-bond donors (Lipinski definition) is 0. The van der Waals surface area contributed by atoms with Gasteiger partial charge in [-0.1, -0.05) is 60.5 Å². The van der Waals surface area contributed by atoms with E-state index in [1.54, 1.807) is 12.1 Å². The Morgan fingerprint density at radius 2 is 1.55 bits per heavy atom. The van der Waals surface area contributed by atoms with Crippen molar-refractivity contribution >= 4 is 11.7 Å². The predicted octanol–water partition coefficient (Wildman–Crippen LogP) is 4.75. The van der Waals surface area contributed by atoms with Gasteiger partial charge >= 0.3 is 5.97 Å². The summed E-state index contributed by atoms with van der Waals surface area (Å²) in [5, 5.41) is 0. The van der Waals surface area contributed by atoms with Crippen LogP contribution in [0.15, 0.2) is 78.9 Å². The van der Waals surface area contributed by atoms with Gasteiger partial charge in [-0.2, -0.15) is 0 Å². The number of esters is 1. The number of hydrogen-bond acceptors (Lipinski definition) is 3. The summed E-state index contributed by atoms with van der Waals surface area (Å²) in [4.78, 5) is 14.1. The Kier molecular flexibility index (Phi) is 7.02. The number of nitrogens with zero attached hydrogens (tertiary/aromatic N) is 1. The molecular weight excluding hydrogens is 365 g/mol. The van der Waals surface area contributed by atoms with Crippen molar-refractivity contribution in [1.82, 2.24) is 0 Å². The molecule has 0 saturated heterocycles. The molecule has 0 bridgehead atoms. The minimum absolute atomic E-state index is 0.209. The van der Waals surface area contributed by atoms with Crippen LogP contribution in [0.3, 0.4) is 0 Å². The van der Waals surface area contributed by atoms with Gasteiger partial charge < -0.3 is 9.64 Å². The summed E-state index contributed by atoms with van der Waals surface area (Å²) in [6.07, 6.45) is 5.72. The smallest absolute Gasteiger partial charge is 0.310 e. The van der Waals surface area contributed by atoms with Crippen molar-refractivity contribution in [1.29, 1.82) is 0 Å². The number of anilines is 1. The Morgan fingerprint density at radius 3 is 2.21 bits per heavy atom. The molecule has 0 heterocycles. The van der Waals surface area contributed by atoms with Crippen molar-refractivity contribution in [3.8, 4) is 12.3 Å². The van der Waals surface area contributed by atoms with Gasteiger partial charge in [0, 0.05) is 12.2 Å². The maximum absolute atomic E-state index is 13.1. The first-order valence-corrected chi connectivity index (χ1v) is 9.35. The summed E-state index contributed by atoms with van der Waals surface area (Å²) in [6.45, 7) is 1.27. The van der Waals surface area contributed by atoms with Gasteiger partial charge in [-0.25, -0.2) is 4.39 Å². The second-order valence-corrected chi connectivity index (χ2v) is 6.68. The molecule has 3 rings (SSSR count). The van der Waals surface area contributed by atoms with Crippen molar-refractivity contribution in [3.63, 3.8) is 0 Å². The standard InChI is InChI=1S/C25H22FNO2/c1-2-16-27(18-21-8-12-23(26)13-9-21)24-14-10-20(11-15-24)17-25(28)29-19-22-6-4-3-5-7-22/h1,3-15H,16-19H2. The van der Waals surface area contributed by atoms with Crippen molar-refractivity contribution in [2.45, 2.75) is 19.6 Å². The fourth-order valence-electron chi connectivity index (χ4n) is 2.94. The second kappa shape index (κ2) is 10.1. The number of benzene rings is 3. The predicted molar refractivity (Wildman–Crippen MR) is 113 cm³/mol. The summed E-state index contributed by atoms with van der Waals surface area (Å²) in [7, 11) is 0. The van der Waals surface area contributed by atoms with E-state index in [1.807, 2.05) is 59.5 Å². The minimum atomic E-state index is -0.270. The van der Waals surface area contributed by atoms with Gasteiger partial charge in [0.25, 0.3) is 0 Å². The van der Waals surface area contributed by atoms with Crippen LogP contribution >= 0.6 is 0 Å². The third-order valence-corrected chi connectivity index (χ3v) is 4.46. The molecule has 0 radical (unpaired) electrons. The zero-order valence-corrected chi connectivity index (χ0v) is 16.1. The summed E-state index contributed by atoms with van der Waals surface area (Å²) in [6, 6.07) is 23.6. The molecular formula is C25H22FNO2. The molecule has 0 aliphatic rings. The lowest BCUT2D eigenvalue weighted by Gasteiger charge is -2.23. The summed E-state index contributed by atoms with van der Waals surface area (Å²) in [5.74, 6) is 2.12. The molecule has 0 atom stereocenters. The summed E-state index contributed by atoms with van der Waals surface area (Å²) >= 11 is 0. The van der Waals surface area contributed by atoms with E-state index in [2.05, 4.69) is 5.92 Å². The van der Waals surface area contributed by atoms with Crippen molar-refractivity contribution in [3.05, 3.63) is 101 Å². The maximum atomic E-state index is 13.1. The lowest BCUT2D eigenvalue weighted by molar-refractivity contribution is -0.144. The van der Waals surface area contributed by atoms with E-state index in [0.29, 0.717) is 13.1 Å². The molecule has 0 aromatic heterocycles. The van der Waals surface area contributed by atoms with Crippen LogP contribution in [0.25, 0.3) is 0 Å². The number of terminal acetylenes is 1. The Hall–Kier alpha value is -3.58. The average molecular weight is 387 g/mol. The molecule has 0 N–H and O–H groups in total. The van der Waals surface area contributed by atoms with Gasteiger partial charge in [0.2, 0.25) is 0 Å². The third kappa shape index (κ3) is 6.22. The summed E-state index contributed by atoms with van der Waals surface area (Å²) in [5.41, 5.74) is 3.74. The van der Waals surface area contributed by atoms with Crippen molar-refractivity contribution in [2.24, 2.45) is 0 Å². The topological polar surface area (TPSA) is 29.5 Å². The molecule has 0 saturated carbocycles.